The third kappa shape index (κ3) is 2.86. The molecular weight excluding hydrogens is 263 g/mol. The van der Waals surface area contributed by atoms with Gasteiger partial charge in [-0.3, -0.25) is 0 Å². The van der Waals surface area contributed by atoms with Gasteiger partial charge in [0.1, 0.15) is 5.82 Å². The van der Waals surface area contributed by atoms with Crippen LogP contribution >= 0.6 is 0 Å². The number of aliphatic hydroxyl groups is 1. The number of aliphatic hydroxyl groups excluding tert-OH is 1. The van der Waals surface area contributed by atoms with Crippen LogP contribution in [0.25, 0.3) is 0 Å². The summed E-state index contributed by atoms with van der Waals surface area (Å²) in [6.45, 7) is 6.07. The summed E-state index contributed by atoms with van der Waals surface area (Å²) in [5, 5.41) is 11.0. The fourth-order valence-corrected chi connectivity index (χ4v) is 3.18. The van der Waals surface area contributed by atoms with Gasteiger partial charge in [0.15, 0.2) is 0 Å². The Morgan fingerprint density at radius 3 is 2.24 bits per heavy atom. The minimum atomic E-state index is -0.717. The number of hydrogen-bond donors (Lipinski definition) is 1. The van der Waals surface area contributed by atoms with Crippen molar-refractivity contribution in [2.75, 3.05) is 0 Å². The van der Waals surface area contributed by atoms with Crippen LogP contribution < -0.4 is 0 Å². The maximum atomic E-state index is 13.6. The number of rotatable bonds is 5. The zero-order valence-corrected chi connectivity index (χ0v) is 12.9. The molecular formula is C19H23FO. The summed E-state index contributed by atoms with van der Waals surface area (Å²) in [5.41, 5.74) is 2.32. The summed E-state index contributed by atoms with van der Waals surface area (Å²) in [5.74, 6) is -0.302. The molecule has 0 aromatic heterocycles. The standard InChI is InChI=1S/C19H23FO/c1-4-19(5-2,15-9-7-6-8-10-15)18(21)17-13-16(20)12-11-14(17)3/h6-13,18,21H,4-5H2,1-3H3. The third-order valence-corrected chi connectivity index (χ3v) is 4.67. The number of halogens is 1. The topological polar surface area (TPSA) is 20.2 Å². The van der Waals surface area contributed by atoms with Crippen molar-refractivity contribution in [3.05, 3.63) is 71.0 Å². The van der Waals surface area contributed by atoms with E-state index < -0.39 is 6.10 Å². The Balaban J connectivity index is 2.54. The van der Waals surface area contributed by atoms with E-state index in [2.05, 4.69) is 13.8 Å². The molecule has 0 amide bonds. The number of hydrogen-bond acceptors (Lipinski definition) is 1. The molecule has 21 heavy (non-hydrogen) atoms. The fourth-order valence-electron chi connectivity index (χ4n) is 3.18. The zero-order chi connectivity index (χ0) is 15.5. The summed E-state index contributed by atoms with van der Waals surface area (Å²) < 4.78 is 13.6. The maximum Gasteiger partial charge on any atom is 0.123 e. The first-order valence-corrected chi connectivity index (χ1v) is 7.54. The SMILES string of the molecule is CCC(CC)(c1ccccc1)C(O)c1cc(F)ccc1C. The van der Waals surface area contributed by atoms with E-state index in [0.717, 1.165) is 24.0 Å². The molecule has 0 saturated heterocycles. The number of aryl methyl sites for hydroxylation is 1. The average molecular weight is 286 g/mol. The van der Waals surface area contributed by atoms with Gasteiger partial charge >= 0.3 is 0 Å². The monoisotopic (exact) mass is 286 g/mol. The van der Waals surface area contributed by atoms with Crippen LogP contribution in [0.2, 0.25) is 0 Å². The predicted octanol–water partition coefficient (Wildman–Crippen LogP) is 4.93. The molecule has 0 saturated carbocycles. The molecule has 0 radical (unpaired) electrons. The van der Waals surface area contributed by atoms with Gasteiger partial charge in [0, 0.05) is 5.41 Å². The van der Waals surface area contributed by atoms with Crippen molar-refractivity contribution in [1.82, 2.24) is 0 Å². The van der Waals surface area contributed by atoms with Gasteiger partial charge in [-0.25, -0.2) is 4.39 Å². The highest BCUT2D eigenvalue weighted by Gasteiger charge is 2.37. The van der Waals surface area contributed by atoms with Crippen molar-refractivity contribution in [2.45, 2.75) is 45.1 Å². The van der Waals surface area contributed by atoms with Gasteiger partial charge < -0.3 is 5.11 Å². The van der Waals surface area contributed by atoms with E-state index in [1.165, 1.54) is 12.1 Å². The first-order valence-electron chi connectivity index (χ1n) is 7.54. The summed E-state index contributed by atoms with van der Waals surface area (Å²) in [4.78, 5) is 0. The summed E-state index contributed by atoms with van der Waals surface area (Å²) in [6, 6.07) is 14.7. The Hall–Kier alpha value is -1.67. The Labute approximate surface area is 126 Å². The first-order chi connectivity index (χ1) is 10.0. The van der Waals surface area contributed by atoms with Gasteiger partial charge in [0.2, 0.25) is 0 Å². The molecule has 0 fully saturated rings. The molecule has 1 atom stereocenters. The lowest BCUT2D eigenvalue weighted by atomic mass is 9.69. The van der Waals surface area contributed by atoms with Crippen molar-refractivity contribution in [3.8, 4) is 0 Å². The van der Waals surface area contributed by atoms with E-state index in [4.69, 9.17) is 0 Å². The molecule has 2 rings (SSSR count). The van der Waals surface area contributed by atoms with Gasteiger partial charge in [0.25, 0.3) is 0 Å². The third-order valence-electron chi connectivity index (χ3n) is 4.67. The fraction of sp³-hybridized carbons (Fsp3) is 0.368. The molecule has 112 valence electrons. The van der Waals surface area contributed by atoms with E-state index in [1.54, 1.807) is 6.07 Å². The van der Waals surface area contributed by atoms with Crippen molar-refractivity contribution in [3.63, 3.8) is 0 Å². The minimum Gasteiger partial charge on any atom is -0.387 e. The van der Waals surface area contributed by atoms with Crippen LogP contribution in [0.3, 0.4) is 0 Å². The molecule has 0 aliphatic carbocycles. The zero-order valence-electron chi connectivity index (χ0n) is 12.9. The van der Waals surface area contributed by atoms with Crippen molar-refractivity contribution in [2.24, 2.45) is 0 Å². The second kappa shape index (κ2) is 6.40. The molecule has 1 nitrogen and oxygen atoms in total. The van der Waals surface area contributed by atoms with Crippen LogP contribution in [0.4, 0.5) is 4.39 Å². The molecule has 2 heteroatoms. The van der Waals surface area contributed by atoms with E-state index in [0.29, 0.717) is 5.56 Å². The van der Waals surface area contributed by atoms with Crippen LogP contribution in [0.5, 0.6) is 0 Å². The van der Waals surface area contributed by atoms with Gasteiger partial charge in [-0.15, -0.1) is 0 Å². The molecule has 0 heterocycles. The first kappa shape index (κ1) is 15.7. The van der Waals surface area contributed by atoms with Gasteiger partial charge in [-0.05, 0) is 48.6 Å². The van der Waals surface area contributed by atoms with E-state index in [1.807, 2.05) is 37.3 Å². The van der Waals surface area contributed by atoms with Crippen LogP contribution in [0.15, 0.2) is 48.5 Å². The van der Waals surface area contributed by atoms with Crippen molar-refractivity contribution < 1.29 is 9.50 Å². The highest BCUT2D eigenvalue weighted by atomic mass is 19.1. The van der Waals surface area contributed by atoms with Crippen molar-refractivity contribution in [1.29, 1.82) is 0 Å². The quantitative estimate of drug-likeness (QED) is 0.826. The molecule has 2 aromatic carbocycles. The van der Waals surface area contributed by atoms with Gasteiger partial charge in [0.05, 0.1) is 6.10 Å². The van der Waals surface area contributed by atoms with Gasteiger partial charge in [-0.1, -0.05) is 50.2 Å². The Bertz CT molecular complexity index is 588. The Morgan fingerprint density at radius 2 is 1.67 bits per heavy atom. The summed E-state index contributed by atoms with van der Waals surface area (Å²) >= 11 is 0. The van der Waals surface area contributed by atoms with Crippen LogP contribution in [-0.4, -0.2) is 5.11 Å². The second-order valence-corrected chi connectivity index (χ2v) is 5.63. The molecule has 0 aliphatic rings. The normalized spacial score (nSPS) is 13.2. The molecule has 0 spiro atoms. The molecule has 2 aromatic rings. The van der Waals surface area contributed by atoms with Crippen LogP contribution in [0, 0.1) is 12.7 Å². The Kier molecular flexibility index (Phi) is 4.79. The van der Waals surface area contributed by atoms with E-state index in [9.17, 15) is 9.50 Å². The summed E-state index contributed by atoms with van der Waals surface area (Å²) in [7, 11) is 0. The largest absolute Gasteiger partial charge is 0.387 e. The van der Waals surface area contributed by atoms with Crippen molar-refractivity contribution >= 4 is 0 Å². The maximum absolute atomic E-state index is 13.6. The average Bonchev–Trinajstić information content (AvgIpc) is 2.52. The van der Waals surface area contributed by atoms with Crippen LogP contribution in [-0.2, 0) is 5.41 Å². The van der Waals surface area contributed by atoms with E-state index in [-0.39, 0.29) is 11.2 Å². The lowest BCUT2D eigenvalue weighted by Crippen LogP contribution is -2.33. The molecule has 1 N–H and O–H groups in total. The highest BCUT2D eigenvalue weighted by molar-refractivity contribution is 5.36. The molecule has 0 aliphatic heterocycles. The summed E-state index contributed by atoms with van der Waals surface area (Å²) in [6.07, 6.45) is 0.875. The predicted molar refractivity (Wildman–Crippen MR) is 84.8 cm³/mol. The van der Waals surface area contributed by atoms with E-state index >= 15 is 0 Å². The smallest absolute Gasteiger partial charge is 0.123 e. The number of benzene rings is 2. The molecule has 1 unspecified atom stereocenters. The van der Waals surface area contributed by atoms with Gasteiger partial charge in [-0.2, -0.15) is 0 Å². The lowest BCUT2D eigenvalue weighted by molar-refractivity contribution is 0.0719. The minimum absolute atomic E-state index is 0.302. The second-order valence-electron chi connectivity index (χ2n) is 5.63. The highest BCUT2D eigenvalue weighted by Crippen LogP contribution is 2.43. The van der Waals surface area contributed by atoms with Crippen LogP contribution in [0.1, 0.15) is 49.5 Å². The lowest BCUT2D eigenvalue weighted by Gasteiger charge is -2.38. The molecule has 0 bridgehead atoms. The Morgan fingerprint density at radius 1 is 1.05 bits per heavy atom.